The van der Waals surface area contributed by atoms with Crippen LogP contribution in [0.1, 0.15) is 44.8 Å². The van der Waals surface area contributed by atoms with E-state index in [2.05, 4.69) is 4.90 Å². The summed E-state index contributed by atoms with van der Waals surface area (Å²) in [6.45, 7) is 1.40. The quantitative estimate of drug-likeness (QED) is 0.815. The number of nitrogens with zero attached hydrogens (tertiary/aromatic N) is 1. The molecule has 26 heavy (non-hydrogen) atoms. The molecule has 1 aliphatic heterocycles. The van der Waals surface area contributed by atoms with E-state index in [4.69, 9.17) is 0 Å². The smallest absolute Gasteiger partial charge is 0.380 e. The molecule has 1 aliphatic carbocycles. The van der Waals surface area contributed by atoms with Gasteiger partial charge in [-0.05, 0) is 56.4 Å². The number of benzene rings is 1. The summed E-state index contributed by atoms with van der Waals surface area (Å²) in [5.41, 5.74) is -2.69. The molecule has 1 aromatic heterocycles. The minimum atomic E-state index is -4.64. The molecule has 1 atom stereocenters. The number of hydrogen-bond donors (Lipinski definition) is 1. The maximum atomic E-state index is 13.7. The summed E-state index contributed by atoms with van der Waals surface area (Å²) in [5.74, 6) is -0.809. The average molecular weight is 381 g/mol. The van der Waals surface area contributed by atoms with E-state index >= 15 is 0 Å². The highest BCUT2D eigenvalue weighted by atomic mass is 32.1. The van der Waals surface area contributed by atoms with E-state index in [0.717, 1.165) is 6.07 Å². The van der Waals surface area contributed by atoms with Crippen molar-refractivity contribution in [1.29, 1.82) is 0 Å². The van der Waals surface area contributed by atoms with Crippen LogP contribution < -0.4 is 0 Å². The zero-order chi connectivity index (χ0) is 18.7. The van der Waals surface area contributed by atoms with Gasteiger partial charge in [0.2, 0.25) is 5.78 Å². The van der Waals surface area contributed by atoms with Crippen molar-refractivity contribution in [3.8, 4) is 0 Å². The summed E-state index contributed by atoms with van der Waals surface area (Å²) < 4.78 is 41.2. The molecule has 2 aromatic rings. The molecular formula is C19H18F3NO2S. The van der Waals surface area contributed by atoms with Gasteiger partial charge in [-0.15, -0.1) is 11.3 Å². The molecule has 0 bridgehead atoms. The average Bonchev–Trinajstić information content (AvgIpc) is 3.09. The fourth-order valence-electron chi connectivity index (χ4n) is 4.28. The van der Waals surface area contributed by atoms with Crippen LogP contribution in [0.15, 0.2) is 29.6 Å². The Morgan fingerprint density at radius 3 is 2.58 bits per heavy atom. The third kappa shape index (κ3) is 2.45. The van der Waals surface area contributed by atoms with Gasteiger partial charge in [-0.3, -0.25) is 4.79 Å². The van der Waals surface area contributed by atoms with Gasteiger partial charge in [0.1, 0.15) is 5.60 Å². The molecule has 1 unspecified atom stereocenters. The Kier molecular flexibility index (Phi) is 4.02. The first-order valence-electron chi connectivity index (χ1n) is 8.49. The number of thiophene rings is 1. The Morgan fingerprint density at radius 1 is 1.23 bits per heavy atom. The van der Waals surface area contributed by atoms with Crippen molar-refractivity contribution in [3.63, 3.8) is 0 Å². The predicted octanol–water partition coefficient (Wildman–Crippen LogP) is 3.89. The van der Waals surface area contributed by atoms with Crippen LogP contribution >= 0.6 is 11.3 Å². The van der Waals surface area contributed by atoms with Crippen molar-refractivity contribution in [2.75, 3.05) is 20.1 Å². The van der Waals surface area contributed by atoms with Gasteiger partial charge in [-0.1, -0.05) is 12.1 Å². The van der Waals surface area contributed by atoms with E-state index in [9.17, 15) is 23.1 Å². The van der Waals surface area contributed by atoms with Crippen molar-refractivity contribution in [2.45, 2.75) is 24.6 Å². The Balaban J connectivity index is 1.99. The lowest BCUT2D eigenvalue weighted by Gasteiger charge is -2.44. The molecule has 2 aliphatic rings. The summed E-state index contributed by atoms with van der Waals surface area (Å²) in [7, 11) is 1.95. The fraction of sp³-hybridized carbons (Fsp3) is 0.421. The minimum absolute atomic E-state index is 0.0313. The summed E-state index contributed by atoms with van der Waals surface area (Å²) in [4.78, 5) is 15.2. The first kappa shape index (κ1) is 17.7. The monoisotopic (exact) mass is 381 g/mol. The number of piperidine rings is 1. The van der Waals surface area contributed by atoms with Crippen LogP contribution in [0.4, 0.5) is 13.2 Å². The molecule has 0 spiro atoms. The number of likely N-dealkylation sites (tertiary alicyclic amines) is 1. The molecule has 2 heterocycles. The maximum Gasteiger partial charge on any atom is 0.416 e. The number of fused-ring (bicyclic) bond motifs is 2. The lowest BCUT2D eigenvalue weighted by atomic mass is 9.66. The predicted molar refractivity (Wildman–Crippen MR) is 92.4 cm³/mol. The first-order chi connectivity index (χ1) is 12.2. The Hall–Kier alpha value is -1.70. The largest absolute Gasteiger partial charge is 0.416 e. The highest BCUT2D eigenvalue weighted by molar-refractivity contribution is 7.12. The second kappa shape index (κ2) is 5.90. The summed E-state index contributed by atoms with van der Waals surface area (Å²) in [5, 5.41) is 13.4. The molecule has 1 N–H and O–H groups in total. The van der Waals surface area contributed by atoms with Crippen molar-refractivity contribution in [2.24, 2.45) is 5.92 Å². The van der Waals surface area contributed by atoms with Crippen molar-refractivity contribution in [3.05, 3.63) is 56.8 Å². The van der Waals surface area contributed by atoms with Crippen LogP contribution in [0.2, 0.25) is 0 Å². The number of alkyl halides is 3. The van der Waals surface area contributed by atoms with Gasteiger partial charge >= 0.3 is 6.18 Å². The summed E-state index contributed by atoms with van der Waals surface area (Å²) in [6.07, 6.45) is -3.50. The maximum absolute atomic E-state index is 13.7. The van der Waals surface area contributed by atoms with Crippen LogP contribution in [0.3, 0.4) is 0 Å². The molecule has 0 radical (unpaired) electrons. The van der Waals surface area contributed by atoms with E-state index in [1.165, 1.54) is 23.5 Å². The molecule has 1 fully saturated rings. The van der Waals surface area contributed by atoms with Gasteiger partial charge in [0.05, 0.1) is 10.4 Å². The normalized spacial score (nSPS) is 24.4. The second-order valence-corrected chi connectivity index (χ2v) is 7.98. The number of aliphatic hydroxyl groups is 1. The Bertz CT molecular complexity index is 868. The van der Waals surface area contributed by atoms with Gasteiger partial charge in [0.15, 0.2) is 0 Å². The van der Waals surface area contributed by atoms with Crippen LogP contribution in [0.25, 0.3) is 0 Å². The Morgan fingerprint density at radius 2 is 1.92 bits per heavy atom. The molecule has 138 valence electrons. The van der Waals surface area contributed by atoms with Gasteiger partial charge in [0, 0.05) is 16.7 Å². The fourth-order valence-corrected chi connectivity index (χ4v) is 5.19. The molecule has 1 aromatic carbocycles. The number of carbonyl (C=O) groups excluding carboxylic acids is 1. The third-order valence-electron chi connectivity index (χ3n) is 5.59. The SMILES string of the molecule is CN1CCC(C2(O)c3ccsc3C(=O)c3cccc(C(F)(F)F)c32)CC1. The lowest BCUT2D eigenvalue weighted by molar-refractivity contribution is -0.141. The van der Waals surface area contributed by atoms with Gasteiger partial charge in [-0.25, -0.2) is 0 Å². The highest BCUT2D eigenvalue weighted by Gasteiger charge is 2.52. The van der Waals surface area contributed by atoms with Crippen molar-refractivity contribution >= 4 is 17.1 Å². The lowest BCUT2D eigenvalue weighted by Crippen LogP contribution is -2.47. The summed E-state index contributed by atoms with van der Waals surface area (Å²) in [6, 6.07) is 5.21. The number of halogens is 3. The van der Waals surface area contributed by atoms with Crippen molar-refractivity contribution < 1.29 is 23.1 Å². The van der Waals surface area contributed by atoms with Crippen molar-refractivity contribution in [1.82, 2.24) is 4.90 Å². The number of rotatable bonds is 1. The first-order valence-corrected chi connectivity index (χ1v) is 9.37. The molecule has 3 nitrogen and oxygen atoms in total. The molecule has 0 saturated carbocycles. The zero-order valence-electron chi connectivity index (χ0n) is 14.1. The van der Waals surface area contributed by atoms with E-state index in [0.29, 0.717) is 36.4 Å². The standard InChI is InChI=1S/C19H18F3NO2S/c1-23-8-5-11(6-9-23)18(25)14-7-10-26-17(14)16(24)12-3-2-4-13(15(12)18)19(20,21)22/h2-4,7,10-11,25H,5-6,8-9H2,1H3. The second-order valence-electron chi connectivity index (χ2n) is 7.06. The van der Waals surface area contributed by atoms with E-state index in [1.54, 1.807) is 11.4 Å². The number of hydrogen-bond acceptors (Lipinski definition) is 4. The van der Waals surface area contributed by atoms with E-state index in [1.807, 2.05) is 7.05 Å². The van der Waals surface area contributed by atoms with Crippen LogP contribution in [0.5, 0.6) is 0 Å². The molecule has 1 saturated heterocycles. The van der Waals surface area contributed by atoms with E-state index in [-0.39, 0.29) is 17.0 Å². The number of ketones is 1. The molecular weight excluding hydrogens is 363 g/mol. The Labute approximate surface area is 153 Å². The number of carbonyl (C=O) groups is 1. The highest BCUT2D eigenvalue weighted by Crippen LogP contribution is 2.52. The third-order valence-corrected chi connectivity index (χ3v) is 6.50. The molecule has 4 rings (SSSR count). The minimum Gasteiger partial charge on any atom is -0.380 e. The summed E-state index contributed by atoms with van der Waals surface area (Å²) >= 11 is 1.18. The zero-order valence-corrected chi connectivity index (χ0v) is 15.0. The van der Waals surface area contributed by atoms with Crippen LogP contribution in [0, 0.1) is 5.92 Å². The van der Waals surface area contributed by atoms with Crippen LogP contribution in [-0.4, -0.2) is 35.9 Å². The topological polar surface area (TPSA) is 40.5 Å². The molecule has 0 amide bonds. The van der Waals surface area contributed by atoms with Gasteiger partial charge in [0.25, 0.3) is 0 Å². The van der Waals surface area contributed by atoms with E-state index < -0.39 is 23.1 Å². The van der Waals surface area contributed by atoms with Gasteiger partial charge in [-0.2, -0.15) is 13.2 Å². The molecule has 7 heteroatoms. The van der Waals surface area contributed by atoms with Crippen LogP contribution in [-0.2, 0) is 11.8 Å². The van der Waals surface area contributed by atoms with Gasteiger partial charge < -0.3 is 10.0 Å².